The summed E-state index contributed by atoms with van der Waals surface area (Å²) in [5.74, 6) is -0.430. The van der Waals surface area contributed by atoms with Crippen LogP contribution in [-0.4, -0.2) is 34.2 Å². The molecule has 6 heteroatoms. The summed E-state index contributed by atoms with van der Waals surface area (Å²) in [6.45, 7) is 2.25. The zero-order chi connectivity index (χ0) is 20.6. The Hall–Kier alpha value is -1.56. The van der Waals surface area contributed by atoms with Gasteiger partial charge in [-0.1, -0.05) is 88.6 Å². The third-order valence-corrected chi connectivity index (χ3v) is 5.90. The number of carbonyl (C=O) groups is 2. The molecule has 0 aliphatic carbocycles. The third-order valence-electron chi connectivity index (χ3n) is 4.77. The van der Waals surface area contributed by atoms with Crippen molar-refractivity contribution in [1.82, 2.24) is 9.55 Å². The number of ether oxygens (including phenoxy) is 1. The summed E-state index contributed by atoms with van der Waals surface area (Å²) in [4.78, 5) is 27.2. The van der Waals surface area contributed by atoms with E-state index >= 15 is 0 Å². The molecule has 1 rings (SSSR count). The van der Waals surface area contributed by atoms with Crippen LogP contribution < -0.4 is 0 Å². The maximum Gasteiger partial charge on any atom is 0.356 e. The molecule has 0 N–H and O–H groups in total. The van der Waals surface area contributed by atoms with Crippen molar-refractivity contribution in [2.75, 3.05) is 7.11 Å². The zero-order valence-corrected chi connectivity index (χ0v) is 18.5. The highest BCUT2D eigenvalue weighted by Gasteiger charge is 2.16. The topological polar surface area (TPSA) is 61.2 Å². The monoisotopic (exact) mass is 408 g/mol. The predicted molar refractivity (Wildman–Crippen MR) is 116 cm³/mol. The number of hydrogen-bond acceptors (Lipinski definition) is 5. The first-order chi connectivity index (χ1) is 13.6. The zero-order valence-electron chi connectivity index (χ0n) is 17.7. The minimum atomic E-state index is -0.430. The number of aromatic nitrogens is 2. The molecule has 0 amide bonds. The van der Waals surface area contributed by atoms with E-state index in [1.54, 1.807) is 11.6 Å². The van der Waals surface area contributed by atoms with Gasteiger partial charge in [-0.05, 0) is 12.8 Å². The Morgan fingerprint density at radius 2 is 1.75 bits per heavy atom. The normalized spacial score (nSPS) is 12.4. The van der Waals surface area contributed by atoms with Gasteiger partial charge in [0.25, 0.3) is 0 Å². The summed E-state index contributed by atoms with van der Waals surface area (Å²) in [5, 5.41) is 0.329. The molecular weight excluding hydrogens is 372 g/mol. The quantitative estimate of drug-likeness (QED) is 0.115. The summed E-state index contributed by atoms with van der Waals surface area (Å²) >= 11 is 1.34. The Labute approximate surface area is 174 Å². The molecule has 0 aromatic carbocycles. The number of aldehydes is 1. The van der Waals surface area contributed by atoms with Crippen molar-refractivity contribution >= 4 is 24.0 Å². The Kier molecular flexibility index (Phi) is 13.4. The first-order valence-electron chi connectivity index (χ1n) is 10.5. The number of allylic oxidation sites excluding steroid dienone is 1. The van der Waals surface area contributed by atoms with Gasteiger partial charge in [-0.2, -0.15) is 0 Å². The Morgan fingerprint density at radius 1 is 1.14 bits per heavy atom. The van der Waals surface area contributed by atoms with Gasteiger partial charge in [0.1, 0.15) is 12.0 Å². The van der Waals surface area contributed by atoms with E-state index in [1.807, 2.05) is 6.08 Å². The molecule has 28 heavy (non-hydrogen) atoms. The van der Waals surface area contributed by atoms with Crippen LogP contribution in [-0.2, 0) is 16.6 Å². The lowest BCUT2D eigenvalue weighted by Gasteiger charge is -2.06. The van der Waals surface area contributed by atoms with Crippen molar-refractivity contribution in [2.45, 2.75) is 88.0 Å². The van der Waals surface area contributed by atoms with E-state index in [0.29, 0.717) is 10.9 Å². The number of carbonyl (C=O) groups excluding carboxylic acids is 2. The average molecular weight is 409 g/mol. The highest BCUT2D eigenvalue weighted by atomic mass is 32.2. The maximum absolute atomic E-state index is 11.6. The predicted octanol–water partition coefficient (Wildman–Crippen LogP) is 5.73. The molecule has 0 aliphatic heterocycles. The molecule has 1 aromatic heterocycles. The van der Waals surface area contributed by atoms with Gasteiger partial charge in [-0.3, -0.25) is 0 Å². The summed E-state index contributed by atoms with van der Waals surface area (Å²) in [6, 6.07) is 0. The molecule has 0 aliphatic rings. The maximum atomic E-state index is 11.6. The number of hydrogen-bond donors (Lipinski definition) is 0. The molecular formula is C22H36N2O3S. The second kappa shape index (κ2) is 15.4. The standard InChI is InChI=1S/C22H36N2O3S/c1-4-5-6-7-8-9-10-11-12-13-14-15-16-19(18-25)28-22-23-17-20(24(22)2)21(26)27-3/h15-19H,4-14H2,1-3H3. The molecule has 1 unspecified atom stereocenters. The molecule has 0 saturated carbocycles. The Balaban J connectivity index is 2.20. The summed E-state index contributed by atoms with van der Waals surface area (Å²) in [7, 11) is 3.09. The number of thioether (sulfide) groups is 1. The second-order valence-electron chi connectivity index (χ2n) is 7.09. The van der Waals surface area contributed by atoms with Crippen molar-refractivity contribution in [3.8, 4) is 0 Å². The number of imidazole rings is 1. The number of esters is 1. The van der Waals surface area contributed by atoms with Gasteiger partial charge in [0, 0.05) is 7.05 Å². The molecule has 158 valence electrons. The minimum absolute atomic E-state index is 0.297. The van der Waals surface area contributed by atoms with Crippen LogP contribution in [0.25, 0.3) is 0 Å². The van der Waals surface area contributed by atoms with Crippen LogP contribution in [0, 0.1) is 0 Å². The molecule has 1 aromatic rings. The van der Waals surface area contributed by atoms with Gasteiger partial charge < -0.3 is 14.1 Å². The van der Waals surface area contributed by atoms with E-state index in [-0.39, 0.29) is 5.25 Å². The lowest BCUT2D eigenvalue weighted by Crippen LogP contribution is -2.09. The van der Waals surface area contributed by atoms with E-state index in [1.165, 1.54) is 82.9 Å². The van der Waals surface area contributed by atoms with E-state index in [4.69, 9.17) is 4.74 Å². The van der Waals surface area contributed by atoms with Crippen LogP contribution in [0.1, 0.15) is 88.0 Å². The molecule has 1 atom stereocenters. The van der Waals surface area contributed by atoms with Crippen LogP contribution in [0.5, 0.6) is 0 Å². The van der Waals surface area contributed by atoms with Crippen LogP contribution in [0.4, 0.5) is 0 Å². The summed E-state index contributed by atoms with van der Waals surface area (Å²) in [6.07, 6.45) is 20.6. The summed E-state index contributed by atoms with van der Waals surface area (Å²) in [5.41, 5.74) is 0.379. The second-order valence-corrected chi connectivity index (χ2v) is 8.24. The van der Waals surface area contributed by atoms with Crippen molar-refractivity contribution in [2.24, 2.45) is 7.05 Å². The van der Waals surface area contributed by atoms with E-state index in [2.05, 4.69) is 18.0 Å². The van der Waals surface area contributed by atoms with E-state index in [0.717, 1.165) is 19.1 Å². The van der Waals surface area contributed by atoms with Gasteiger partial charge in [-0.15, -0.1) is 0 Å². The van der Waals surface area contributed by atoms with Gasteiger partial charge in [-0.25, -0.2) is 9.78 Å². The van der Waals surface area contributed by atoms with Gasteiger partial charge in [0.2, 0.25) is 0 Å². The number of nitrogens with zero attached hydrogens (tertiary/aromatic N) is 2. The van der Waals surface area contributed by atoms with Crippen molar-refractivity contribution < 1.29 is 14.3 Å². The lowest BCUT2D eigenvalue weighted by atomic mass is 10.1. The van der Waals surface area contributed by atoms with E-state index in [9.17, 15) is 9.59 Å². The van der Waals surface area contributed by atoms with Crippen LogP contribution in [0.2, 0.25) is 0 Å². The highest BCUT2D eigenvalue weighted by molar-refractivity contribution is 8.00. The number of methoxy groups -OCH3 is 1. The van der Waals surface area contributed by atoms with Crippen molar-refractivity contribution in [3.05, 3.63) is 24.0 Å². The van der Waals surface area contributed by atoms with Gasteiger partial charge in [0.05, 0.1) is 18.6 Å². The molecule has 5 nitrogen and oxygen atoms in total. The molecule has 1 heterocycles. The molecule has 0 fully saturated rings. The van der Waals surface area contributed by atoms with Gasteiger partial charge in [0.15, 0.2) is 5.16 Å². The average Bonchev–Trinajstić information content (AvgIpc) is 3.07. The molecule has 0 saturated heterocycles. The van der Waals surface area contributed by atoms with Crippen LogP contribution >= 0.6 is 11.8 Å². The first-order valence-corrected chi connectivity index (χ1v) is 11.4. The van der Waals surface area contributed by atoms with Crippen LogP contribution in [0.3, 0.4) is 0 Å². The SMILES string of the molecule is CCCCCCCCCCCCC=CC(C=O)Sc1ncc(C(=O)OC)n1C. The fraction of sp³-hybridized carbons (Fsp3) is 0.682. The largest absolute Gasteiger partial charge is 0.464 e. The Morgan fingerprint density at radius 3 is 2.32 bits per heavy atom. The third kappa shape index (κ3) is 9.58. The fourth-order valence-electron chi connectivity index (χ4n) is 3.01. The smallest absolute Gasteiger partial charge is 0.356 e. The highest BCUT2D eigenvalue weighted by Crippen LogP contribution is 2.23. The first kappa shape index (κ1) is 24.5. The molecule has 0 spiro atoms. The number of rotatable bonds is 16. The van der Waals surface area contributed by atoms with Gasteiger partial charge >= 0.3 is 5.97 Å². The molecule has 0 bridgehead atoms. The fourth-order valence-corrected chi connectivity index (χ4v) is 3.87. The molecule has 0 radical (unpaired) electrons. The van der Waals surface area contributed by atoms with Crippen molar-refractivity contribution in [1.29, 1.82) is 0 Å². The number of unbranched alkanes of at least 4 members (excludes halogenated alkanes) is 10. The summed E-state index contributed by atoms with van der Waals surface area (Å²) < 4.78 is 6.37. The Bertz CT molecular complexity index is 599. The van der Waals surface area contributed by atoms with Crippen molar-refractivity contribution in [3.63, 3.8) is 0 Å². The minimum Gasteiger partial charge on any atom is -0.464 e. The van der Waals surface area contributed by atoms with E-state index < -0.39 is 5.97 Å². The van der Waals surface area contributed by atoms with Crippen LogP contribution in [0.15, 0.2) is 23.5 Å². The lowest BCUT2D eigenvalue weighted by molar-refractivity contribution is -0.106.